The number of hydrogen-bond acceptors (Lipinski definition) is 5. The fourth-order valence-corrected chi connectivity index (χ4v) is 4.53. The number of thioether (sulfide) groups is 1. The summed E-state index contributed by atoms with van der Waals surface area (Å²) in [5.41, 5.74) is 4.98. The Morgan fingerprint density at radius 1 is 1.24 bits per heavy atom. The predicted octanol–water partition coefficient (Wildman–Crippen LogP) is 4.23. The monoisotopic (exact) mass is 410 g/mol. The zero-order valence-electron chi connectivity index (χ0n) is 17.1. The Kier molecular flexibility index (Phi) is 5.76. The molecular formula is C22H26N4O2S. The highest BCUT2D eigenvalue weighted by atomic mass is 32.2. The Bertz CT molecular complexity index is 1020. The minimum absolute atomic E-state index is 0.00994. The Hall–Kier alpha value is -2.54. The van der Waals surface area contributed by atoms with Gasteiger partial charge in [-0.1, -0.05) is 30.0 Å². The third-order valence-corrected chi connectivity index (χ3v) is 6.54. The number of nitrogens with zero attached hydrogens (tertiary/aromatic N) is 3. The van der Waals surface area contributed by atoms with Crippen molar-refractivity contribution in [2.45, 2.75) is 50.7 Å². The van der Waals surface area contributed by atoms with Crippen LogP contribution in [0.1, 0.15) is 48.3 Å². The molecule has 0 saturated carbocycles. The van der Waals surface area contributed by atoms with Crippen molar-refractivity contribution < 1.29 is 9.21 Å². The standard InChI is InChI=1S/C22H26N4O2S/c1-14(17-9-8-16-6-4-5-7-18(16)12-17)23-20(27)13-29-22-25-24-21(26(22)3)19-10-11-28-15(19)2/h8-12,14H,4-7,13H2,1-3H3,(H,23,27)/t14-/m1/s1. The van der Waals surface area contributed by atoms with E-state index in [9.17, 15) is 4.79 Å². The van der Waals surface area contributed by atoms with Gasteiger partial charge >= 0.3 is 0 Å². The van der Waals surface area contributed by atoms with E-state index in [1.807, 2.05) is 31.5 Å². The first-order valence-electron chi connectivity index (χ1n) is 10.0. The Labute approximate surface area is 175 Å². The number of hydrogen-bond donors (Lipinski definition) is 1. The summed E-state index contributed by atoms with van der Waals surface area (Å²) < 4.78 is 7.24. The molecule has 1 N–H and O–H groups in total. The fourth-order valence-electron chi connectivity index (χ4n) is 3.81. The number of benzene rings is 1. The summed E-state index contributed by atoms with van der Waals surface area (Å²) >= 11 is 1.39. The van der Waals surface area contributed by atoms with Crippen LogP contribution in [-0.2, 0) is 24.7 Å². The topological polar surface area (TPSA) is 72.9 Å². The van der Waals surface area contributed by atoms with Crippen LogP contribution in [0.4, 0.5) is 0 Å². The highest BCUT2D eigenvalue weighted by Crippen LogP contribution is 2.27. The van der Waals surface area contributed by atoms with Gasteiger partial charge in [0.05, 0.1) is 23.6 Å². The van der Waals surface area contributed by atoms with Gasteiger partial charge in [-0.2, -0.15) is 0 Å². The minimum atomic E-state index is -0.0148. The van der Waals surface area contributed by atoms with Crippen LogP contribution in [-0.4, -0.2) is 26.4 Å². The van der Waals surface area contributed by atoms with E-state index in [-0.39, 0.29) is 11.9 Å². The summed E-state index contributed by atoms with van der Waals surface area (Å²) in [4.78, 5) is 12.5. The van der Waals surface area contributed by atoms with Crippen LogP contribution in [0.3, 0.4) is 0 Å². The van der Waals surface area contributed by atoms with E-state index in [1.54, 1.807) is 6.26 Å². The minimum Gasteiger partial charge on any atom is -0.469 e. The number of rotatable bonds is 6. The summed E-state index contributed by atoms with van der Waals surface area (Å²) in [5, 5.41) is 12.3. The van der Waals surface area contributed by atoms with Crippen LogP contribution < -0.4 is 5.32 Å². The van der Waals surface area contributed by atoms with Gasteiger partial charge in [0.25, 0.3) is 0 Å². The quantitative estimate of drug-likeness (QED) is 0.616. The van der Waals surface area contributed by atoms with E-state index in [0.29, 0.717) is 10.9 Å². The lowest BCUT2D eigenvalue weighted by Crippen LogP contribution is -2.28. The molecule has 1 atom stereocenters. The van der Waals surface area contributed by atoms with Crippen molar-refractivity contribution >= 4 is 17.7 Å². The third-order valence-electron chi connectivity index (χ3n) is 5.52. The van der Waals surface area contributed by atoms with Crippen molar-refractivity contribution in [2.75, 3.05) is 5.75 Å². The largest absolute Gasteiger partial charge is 0.469 e. The molecule has 0 radical (unpaired) electrons. The number of aryl methyl sites for hydroxylation is 3. The number of carbonyl (C=O) groups is 1. The van der Waals surface area contributed by atoms with Gasteiger partial charge in [0, 0.05) is 7.05 Å². The van der Waals surface area contributed by atoms with Gasteiger partial charge in [0.2, 0.25) is 5.91 Å². The van der Waals surface area contributed by atoms with Gasteiger partial charge in [-0.25, -0.2) is 0 Å². The second-order valence-electron chi connectivity index (χ2n) is 7.57. The third kappa shape index (κ3) is 4.24. The molecule has 29 heavy (non-hydrogen) atoms. The van der Waals surface area contributed by atoms with Crippen LogP contribution >= 0.6 is 11.8 Å². The molecule has 1 aliphatic rings. The van der Waals surface area contributed by atoms with Gasteiger partial charge in [-0.05, 0) is 62.3 Å². The van der Waals surface area contributed by atoms with E-state index < -0.39 is 0 Å². The SMILES string of the molecule is Cc1occc1-c1nnc(SCC(=O)N[C@H](C)c2ccc3c(c2)CCCC3)n1C. The van der Waals surface area contributed by atoms with Crippen molar-refractivity contribution in [3.63, 3.8) is 0 Å². The Morgan fingerprint density at radius 3 is 2.79 bits per heavy atom. The molecule has 1 aliphatic carbocycles. The number of carbonyl (C=O) groups excluding carboxylic acids is 1. The summed E-state index contributed by atoms with van der Waals surface area (Å²) in [6, 6.07) is 8.49. The predicted molar refractivity (Wildman–Crippen MR) is 114 cm³/mol. The molecule has 1 aromatic carbocycles. The summed E-state index contributed by atoms with van der Waals surface area (Å²) in [6.45, 7) is 3.93. The highest BCUT2D eigenvalue weighted by Gasteiger charge is 2.17. The molecule has 0 saturated heterocycles. The van der Waals surface area contributed by atoms with Crippen molar-refractivity contribution in [2.24, 2.45) is 7.05 Å². The van der Waals surface area contributed by atoms with Gasteiger partial charge in [-0.3, -0.25) is 4.79 Å². The average Bonchev–Trinajstić information content (AvgIpc) is 3.30. The number of nitrogens with one attached hydrogen (secondary N) is 1. The molecule has 0 spiro atoms. The van der Waals surface area contributed by atoms with E-state index in [2.05, 4.69) is 33.7 Å². The van der Waals surface area contributed by atoms with Crippen molar-refractivity contribution in [1.29, 1.82) is 0 Å². The first-order valence-corrected chi connectivity index (χ1v) is 11.0. The van der Waals surface area contributed by atoms with E-state index in [0.717, 1.165) is 23.6 Å². The number of furan rings is 1. The zero-order valence-corrected chi connectivity index (χ0v) is 17.9. The maximum absolute atomic E-state index is 12.5. The van der Waals surface area contributed by atoms with Crippen molar-refractivity contribution in [1.82, 2.24) is 20.1 Å². The lowest BCUT2D eigenvalue weighted by Gasteiger charge is -2.20. The lowest BCUT2D eigenvalue weighted by molar-refractivity contribution is -0.119. The molecular weight excluding hydrogens is 384 g/mol. The Morgan fingerprint density at radius 2 is 2.03 bits per heavy atom. The molecule has 0 fully saturated rings. The van der Waals surface area contributed by atoms with E-state index in [1.165, 1.54) is 47.7 Å². The van der Waals surface area contributed by atoms with Gasteiger partial charge in [-0.15, -0.1) is 10.2 Å². The number of fused-ring (bicyclic) bond motifs is 1. The molecule has 3 aromatic rings. The normalized spacial score (nSPS) is 14.4. The first kappa shape index (κ1) is 19.8. The van der Waals surface area contributed by atoms with Gasteiger partial charge < -0.3 is 14.3 Å². The van der Waals surface area contributed by atoms with Crippen LogP contribution in [0.15, 0.2) is 40.1 Å². The fraction of sp³-hybridized carbons (Fsp3) is 0.409. The van der Waals surface area contributed by atoms with Crippen molar-refractivity contribution in [3.05, 3.63) is 53.0 Å². The smallest absolute Gasteiger partial charge is 0.230 e. The van der Waals surface area contributed by atoms with Gasteiger partial charge in [0.15, 0.2) is 11.0 Å². The molecule has 4 rings (SSSR count). The van der Waals surface area contributed by atoms with Gasteiger partial charge in [0.1, 0.15) is 5.76 Å². The van der Waals surface area contributed by atoms with Crippen molar-refractivity contribution in [3.8, 4) is 11.4 Å². The maximum atomic E-state index is 12.5. The highest BCUT2D eigenvalue weighted by molar-refractivity contribution is 7.99. The second kappa shape index (κ2) is 8.45. The molecule has 152 valence electrons. The molecule has 0 unspecified atom stereocenters. The number of amides is 1. The van der Waals surface area contributed by atoms with Crippen LogP contribution in [0.2, 0.25) is 0 Å². The van der Waals surface area contributed by atoms with E-state index >= 15 is 0 Å². The lowest BCUT2D eigenvalue weighted by atomic mass is 9.89. The summed E-state index contributed by atoms with van der Waals surface area (Å²) in [7, 11) is 1.90. The molecule has 0 aliphatic heterocycles. The average molecular weight is 411 g/mol. The first-order chi connectivity index (χ1) is 14.0. The maximum Gasteiger partial charge on any atom is 0.230 e. The summed E-state index contributed by atoms with van der Waals surface area (Å²) in [5.74, 6) is 1.82. The molecule has 2 aromatic heterocycles. The molecule has 0 bridgehead atoms. The van der Waals surface area contributed by atoms with Crippen LogP contribution in [0.25, 0.3) is 11.4 Å². The molecule has 6 nitrogen and oxygen atoms in total. The number of aromatic nitrogens is 3. The van der Waals surface area contributed by atoms with E-state index in [4.69, 9.17) is 4.42 Å². The van der Waals surface area contributed by atoms with Crippen LogP contribution in [0.5, 0.6) is 0 Å². The molecule has 7 heteroatoms. The summed E-state index contributed by atoms with van der Waals surface area (Å²) in [6.07, 6.45) is 6.49. The Balaban J connectivity index is 1.36. The van der Waals surface area contributed by atoms with Crippen LogP contribution in [0, 0.1) is 6.92 Å². The zero-order chi connectivity index (χ0) is 20.4. The second-order valence-corrected chi connectivity index (χ2v) is 8.51. The molecule has 1 amide bonds. The molecule has 2 heterocycles.